The van der Waals surface area contributed by atoms with Crippen LogP contribution in [0.5, 0.6) is 0 Å². The number of carbonyl (C=O) groups is 1. The number of nitrogens with zero attached hydrogens (tertiary/aromatic N) is 3. The predicted octanol–water partition coefficient (Wildman–Crippen LogP) is 3.56. The summed E-state index contributed by atoms with van der Waals surface area (Å²) in [5.41, 5.74) is 2.62. The molecule has 0 aliphatic carbocycles. The molecule has 2 aromatic carbocycles. The van der Waals surface area contributed by atoms with Crippen LogP contribution in [0.3, 0.4) is 0 Å². The Morgan fingerprint density at radius 1 is 1.13 bits per heavy atom. The molecule has 7 nitrogen and oxygen atoms in total. The number of methoxy groups -OCH3 is 1. The van der Waals surface area contributed by atoms with Crippen LogP contribution in [-0.4, -0.2) is 41.1 Å². The van der Waals surface area contributed by atoms with Gasteiger partial charge in [0.1, 0.15) is 18.5 Å². The van der Waals surface area contributed by atoms with Gasteiger partial charge in [-0.25, -0.2) is 13.9 Å². The van der Waals surface area contributed by atoms with E-state index in [1.165, 1.54) is 12.1 Å². The summed E-state index contributed by atoms with van der Waals surface area (Å²) in [5.74, 6) is 0.145. The van der Waals surface area contributed by atoms with Crippen LogP contribution in [0.15, 0.2) is 65.9 Å². The van der Waals surface area contributed by atoms with E-state index in [2.05, 4.69) is 15.4 Å². The van der Waals surface area contributed by atoms with Crippen LogP contribution in [0.1, 0.15) is 18.5 Å². The van der Waals surface area contributed by atoms with Crippen LogP contribution >= 0.6 is 0 Å². The van der Waals surface area contributed by atoms with Gasteiger partial charge in [-0.15, -0.1) is 5.10 Å². The number of ether oxygens (including phenoxy) is 2. The van der Waals surface area contributed by atoms with E-state index in [4.69, 9.17) is 9.47 Å². The first-order valence-electron chi connectivity index (χ1n) is 9.49. The van der Waals surface area contributed by atoms with Gasteiger partial charge in [-0.3, -0.25) is 0 Å². The zero-order chi connectivity index (χ0) is 21.1. The number of fused-ring (bicyclic) bond motifs is 1. The van der Waals surface area contributed by atoms with Gasteiger partial charge in [0, 0.05) is 18.4 Å². The Morgan fingerprint density at radius 3 is 2.57 bits per heavy atom. The monoisotopic (exact) mass is 408 g/mol. The summed E-state index contributed by atoms with van der Waals surface area (Å²) in [6.45, 7) is 2.27. The second-order valence-corrected chi connectivity index (χ2v) is 6.82. The van der Waals surface area contributed by atoms with E-state index >= 15 is 0 Å². The van der Waals surface area contributed by atoms with Gasteiger partial charge in [-0.05, 0) is 36.8 Å². The molecule has 0 amide bonds. The van der Waals surface area contributed by atoms with Crippen LogP contribution in [0.2, 0.25) is 0 Å². The second kappa shape index (κ2) is 8.46. The summed E-state index contributed by atoms with van der Waals surface area (Å²) >= 11 is 0. The van der Waals surface area contributed by atoms with Gasteiger partial charge in [0.15, 0.2) is 5.82 Å². The van der Waals surface area contributed by atoms with Crippen molar-refractivity contribution < 1.29 is 18.7 Å². The van der Waals surface area contributed by atoms with Gasteiger partial charge in [-0.1, -0.05) is 30.3 Å². The number of benzene rings is 2. The van der Waals surface area contributed by atoms with Gasteiger partial charge < -0.3 is 14.8 Å². The summed E-state index contributed by atoms with van der Waals surface area (Å²) < 4.78 is 25.3. The number of hydrogen-bond acceptors (Lipinski definition) is 6. The van der Waals surface area contributed by atoms with Gasteiger partial charge in [0.05, 0.1) is 12.2 Å². The molecule has 1 N–H and O–H groups in total. The van der Waals surface area contributed by atoms with E-state index in [-0.39, 0.29) is 12.4 Å². The Labute approximate surface area is 173 Å². The third kappa shape index (κ3) is 3.81. The average molecular weight is 408 g/mol. The molecule has 0 spiro atoms. The number of nitrogens with one attached hydrogen (secondary N) is 1. The molecule has 2 heterocycles. The maximum absolute atomic E-state index is 13.3. The number of anilines is 1. The minimum atomic E-state index is -0.515. The highest BCUT2D eigenvalue weighted by Crippen LogP contribution is 2.36. The number of rotatable bonds is 6. The summed E-state index contributed by atoms with van der Waals surface area (Å²) in [6.07, 6.45) is 0. The van der Waals surface area contributed by atoms with E-state index < -0.39 is 12.0 Å². The van der Waals surface area contributed by atoms with Crippen molar-refractivity contribution in [2.24, 2.45) is 0 Å². The lowest BCUT2D eigenvalue weighted by Gasteiger charge is -2.28. The summed E-state index contributed by atoms with van der Waals surface area (Å²) in [6, 6.07) is 15.0. The van der Waals surface area contributed by atoms with Crippen LogP contribution in [0.4, 0.5) is 10.3 Å². The topological polar surface area (TPSA) is 78.3 Å². The molecule has 30 heavy (non-hydrogen) atoms. The standard InChI is InChI=1S/C22H21FN4O3/c1-14-18(21(28)30-13-12-29-2)19(15-6-4-3-5-7-15)27-22(24-14)25-20(26-27)16-8-10-17(23)11-9-16/h3-11,19H,12-13H2,1-2H3,(H,24,25,26). The fourth-order valence-corrected chi connectivity index (χ4v) is 3.38. The number of hydrogen-bond donors (Lipinski definition) is 1. The highest BCUT2D eigenvalue weighted by molar-refractivity contribution is 5.92. The largest absolute Gasteiger partial charge is 0.460 e. The molecule has 0 radical (unpaired) electrons. The maximum atomic E-state index is 13.3. The molecular formula is C22H21FN4O3. The van der Waals surface area contributed by atoms with E-state index in [1.54, 1.807) is 30.8 Å². The molecule has 1 aliphatic heterocycles. The Balaban J connectivity index is 1.77. The molecule has 1 atom stereocenters. The van der Waals surface area contributed by atoms with Crippen molar-refractivity contribution in [3.05, 3.63) is 77.2 Å². The van der Waals surface area contributed by atoms with Crippen molar-refractivity contribution in [3.8, 4) is 11.4 Å². The maximum Gasteiger partial charge on any atom is 0.338 e. The molecule has 1 unspecified atom stereocenters. The number of aromatic nitrogens is 3. The van der Waals surface area contributed by atoms with Gasteiger partial charge >= 0.3 is 5.97 Å². The van der Waals surface area contributed by atoms with Crippen LogP contribution in [-0.2, 0) is 14.3 Å². The molecule has 1 aromatic heterocycles. The molecule has 3 aromatic rings. The Morgan fingerprint density at radius 2 is 1.87 bits per heavy atom. The van der Waals surface area contributed by atoms with Crippen LogP contribution in [0.25, 0.3) is 11.4 Å². The highest BCUT2D eigenvalue weighted by atomic mass is 19.1. The smallest absolute Gasteiger partial charge is 0.338 e. The van der Waals surface area contributed by atoms with Crippen molar-refractivity contribution >= 4 is 11.9 Å². The fourth-order valence-electron chi connectivity index (χ4n) is 3.38. The lowest BCUT2D eigenvalue weighted by Crippen LogP contribution is -2.30. The van der Waals surface area contributed by atoms with Crippen molar-refractivity contribution in [2.45, 2.75) is 13.0 Å². The third-order valence-corrected chi connectivity index (χ3v) is 4.81. The molecule has 8 heteroatoms. The SMILES string of the molecule is COCCOC(=O)C1=C(C)Nc2nc(-c3ccc(F)cc3)nn2C1c1ccccc1. The molecule has 0 fully saturated rings. The van der Waals surface area contributed by atoms with E-state index in [1.807, 2.05) is 30.3 Å². The van der Waals surface area contributed by atoms with Crippen molar-refractivity contribution in [1.82, 2.24) is 14.8 Å². The molecule has 0 saturated heterocycles. The van der Waals surface area contributed by atoms with E-state index in [0.717, 1.165) is 5.56 Å². The first kappa shape index (κ1) is 19.8. The molecular weight excluding hydrogens is 387 g/mol. The zero-order valence-corrected chi connectivity index (χ0v) is 16.6. The minimum Gasteiger partial charge on any atom is -0.460 e. The number of carbonyl (C=O) groups excluding carboxylic acids is 1. The minimum absolute atomic E-state index is 0.151. The first-order valence-corrected chi connectivity index (χ1v) is 9.49. The summed E-state index contributed by atoms with van der Waals surface area (Å²) in [5, 5.41) is 7.77. The number of halogens is 1. The van der Waals surface area contributed by atoms with Crippen LogP contribution in [0, 0.1) is 5.82 Å². The van der Waals surface area contributed by atoms with Gasteiger partial charge in [0.25, 0.3) is 0 Å². The highest BCUT2D eigenvalue weighted by Gasteiger charge is 2.35. The average Bonchev–Trinajstić information content (AvgIpc) is 3.17. The Kier molecular flexibility index (Phi) is 5.58. The van der Waals surface area contributed by atoms with E-state index in [0.29, 0.717) is 35.2 Å². The van der Waals surface area contributed by atoms with E-state index in [9.17, 15) is 9.18 Å². The Hall–Kier alpha value is -3.52. The lowest BCUT2D eigenvalue weighted by molar-refractivity contribution is -0.140. The van der Waals surface area contributed by atoms with Gasteiger partial charge in [-0.2, -0.15) is 4.98 Å². The predicted molar refractivity (Wildman–Crippen MR) is 109 cm³/mol. The molecule has 154 valence electrons. The third-order valence-electron chi connectivity index (χ3n) is 4.81. The molecule has 1 aliphatic rings. The summed E-state index contributed by atoms with van der Waals surface area (Å²) in [4.78, 5) is 17.5. The number of esters is 1. The van der Waals surface area contributed by atoms with Crippen molar-refractivity contribution in [1.29, 1.82) is 0 Å². The normalized spacial score (nSPS) is 15.5. The van der Waals surface area contributed by atoms with Crippen molar-refractivity contribution in [2.75, 3.05) is 25.6 Å². The summed E-state index contributed by atoms with van der Waals surface area (Å²) in [7, 11) is 1.55. The fraction of sp³-hybridized carbons (Fsp3) is 0.227. The van der Waals surface area contributed by atoms with Crippen molar-refractivity contribution in [3.63, 3.8) is 0 Å². The van der Waals surface area contributed by atoms with Gasteiger partial charge in [0.2, 0.25) is 5.95 Å². The first-order chi connectivity index (χ1) is 14.6. The molecule has 0 saturated carbocycles. The van der Waals surface area contributed by atoms with Crippen LogP contribution < -0.4 is 5.32 Å². The molecule has 0 bridgehead atoms. The Bertz CT molecular complexity index is 1080. The lowest BCUT2D eigenvalue weighted by atomic mass is 9.96. The number of allylic oxidation sites excluding steroid dienone is 1. The second-order valence-electron chi connectivity index (χ2n) is 6.82. The quantitative estimate of drug-likeness (QED) is 0.496. The molecule has 4 rings (SSSR count). The zero-order valence-electron chi connectivity index (χ0n) is 16.6.